The summed E-state index contributed by atoms with van der Waals surface area (Å²) in [6.07, 6.45) is 1.78. The van der Waals surface area contributed by atoms with E-state index >= 15 is 0 Å². The molecule has 0 bridgehead atoms. The number of carbonyl (C=O) groups is 3. The molecule has 1 aromatic carbocycles. The minimum absolute atomic E-state index is 0.181. The molecule has 0 radical (unpaired) electrons. The molecule has 1 saturated carbocycles. The average Bonchev–Trinajstić information content (AvgIpc) is 2.57. The van der Waals surface area contributed by atoms with Crippen molar-refractivity contribution in [2.45, 2.75) is 31.2 Å². The molecule has 2 aliphatic rings. The second kappa shape index (κ2) is 4.41. The van der Waals surface area contributed by atoms with Crippen LogP contribution in [0.2, 0.25) is 0 Å². The first-order valence-corrected chi connectivity index (χ1v) is 7.14. The molecular formula is C14H12BrNO4. The van der Waals surface area contributed by atoms with Gasteiger partial charge in [-0.25, -0.2) is 0 Å². The Morgan fingerprint density at radius 3 is 2.45 bits per heavy atom. The van der Waals surface area contributed by atoms with Gasteiger partial charge in [0.2, 0.25) is 0 Å². The molecule has 0 unspecified atom stereocenters. The molecule has 1 fully saturated rings. The SMILES string of the molecule is O=C(O)CC1(N2C(=O)c3ccc(Br)cc3C2=O)CCC1. The Morgan fingerprint density at radius 2 is 1.90 bits per heavy atom. The fourth-order valence-corrected chi connectivity index (χ4v) is 3.35. The monoisotopic (exact) mass is 337 g/mol. The Hall–Kier alpha value is -1.69. The van der Waals surface area contributed by atoms with Crippen molar-refractivity contribution < 1.29 is 19.5 Å². The van der Waals surface area contributed by atoms with Gasteiger partial charge in [0.1, 0.15) is 0 Å². The smallest absolute Gasteiger partial charge is 0.305 e. The minimum Gasteiger partial charge on any atom is -0.481 e. The molecule has 104 valence electrons. The number of fused-ring (bicyclic) bond motifs is 1. The number of halogens is 1. The Labute approximate surface area is 123 Å². The highest BCUT2D eigenvalue weighted by molar-refractivity contribution is 9.10. The van der Waals surface area contributed by atoms with Crippen LogP contribution >= 0.6 is 15.9 Å². The van der Waals surface area contributed by atoms with Crippen molar-refractivity contribution >= 4 is 33.7 Å². The molecule has 0 spiro atoms. The maximum atomic E-state index is 12.5. The Kier molecular flexibility index (Phi) is 2.93. The summed E-state index contributed by atoms with van der Waals surface area (Å²) in [6.45, 7) is 0. The molecule has 3 rings (SSSR count). The van der Waals surface area contributed by atoms with Gasteiger partial charge >= 0.3 is 5.97 Å². The van der Waals surface area contributed by atoms with Crippen LogP contribution in [-0.4, -0.2) is 33.3 Å². The van der Waals surface area contributed by atoms with Crippen molar-refractivity contribution in [2.75, 3.05) is 0 Å². The van der Waals surface area contributed by atoms with Crippen LogP contribution in [0, 0.1) is 0 Å². The van der Waals surface area contributed by atoms with Gasteiger partial charge in [-0.15, -0.1) is 0 Å². The van der Waals surface area contributed by atoms with Crippen LogP contribution in [0.5, 0.6) is 0 Å². The first kappa shape index (κ1) is 13.3. The summed E-state index contributed by atoms with van der Waals surface area (Å²) in [4.78, 5) is 37.1. The lowest BCUT2D eigenvalue weighted by Gasteiger charge is -2.46. The number of benzene rings is 1. The van der Waals surface area contributed by atoms with Gasteiger partial charge in [0.05, 0.1) is 23.1 Å². The lowest BCUT2D eigenvalue weighted by Crippen LogP contribution is -2.57. The van der Waals surface area contributed by atoms with Gasteiger partial charge < -0.3 is 5.11 Å². The molecule has 1 heterocycles. The normalized spacial score (nSPS) is 19.8. The van der Waals surface area contributed by atoms with E-state index < -0.39 is 11.5 Å². The highest BCUT2D eigenvalue weighted by atomic mass is 79.9. The highest BCUT2D eigenvalue weighted by Gasteiger charge is 2.53. The fourth-order valence-electron chi connectivity index (χ4n) is 2.99. The topological polar surface area (TPSA) is 74.7 Å². The first-order valence-electron chi connectivity index (χ1n) is 6.35. The van der Waals surface area contributed by atoms with E-state index in [9.17, 15) is 14.4 Å². The molecule has 0 aromatic heterocycles. The zero-order chi connectivity index (χ0) is 14.5. The maximum Gasteiger partial charge on any atom is 0.305 e. The molecule has 2 amide bonds. The van der Waals surface area contributed by atoms with Gasteiger partial charge in [0.15, 0.2) is 0 Å². The van der Waals surface area contributed by atoms with Crippen molar-refractivity contribution in [3.8, 4) is 0 Å². The summed E-state index contributed by atoms with van der Waals surface area (Å²) in [6, 6.07) is 4.92. The molecule has 1 N–H and O–H groups in total. The van der Waals surface area contributed by atoms with Gasteiger partial charge in [-0.05, 0) is 37.5 Å². The van der Waals surface area contributed by atoms with E-state index in [-0.39, 0.29) is 18.2 Å². The van der Waals surface area contributed by atoms with Crippen molar-refractivity contribution in [1.29, 1.82) is 0 Å². The van der Waals surface area contributed by atoms with E-state index in [1.807, 2.05) is 0 Å². The number of hydrogen-bond acceptors (Lipinski definition) is 3. The minimum atomic E-state index is -0.984. The summed E-state index contributed by atoms with van der Waals surface area (Å²) in [7, 11) is 0. The van der Waals surface area contributed by atoms with Crippen molar-refractivity contribution in [3.63, 3.8) is 0 Å². The number of aliphatic carboxylic acids is 1. The van der Waals surface area contributed by atoms with Gasteiger partial charge in [0, 0.05) is 4.47 Å². The number of carboxylic acids is 1. The largest absolute Gasteiger partial charge is 0.481 e. The number of nitrogens with zero attached hydrogens (tertiary/aromatic N) is 1. The summed E-state index contributed by atoms with van der Waals surface area (Å²) < 4.78 is 0.722. The van der Waals surface area contributed by atoms with Gasteiger partial charge in [-0.1, -0.05) is 15.9 Å². The Bertz CT molecular complexity index is 636. The van der Waals surface area contributed by atoms with Crippen molar-refractivity contribution in [1.82, 2.24) is 4.90 Å². The lowest BCUT2D eigenvalue weighted by molar-refractivity contribution is -0.141. The van der Waals surface area contributed by atoms with Crippen LogP contribution in [0.4, 0.5) is 0 Å². The number of imide groups is 1. The average molecular weight is 338 g/mol. The zero-order valence-electron chi connectivity index (χ0n) is 10.6. The summed E-state index contributed by atoms with van der Waals surface area (Å²) >= 11 is 3.28. The standard InChI is InChI=1S/C14H12BrNO4/c15-8-2-3-9-10(6-8)13(20)16(12(9)19)14(4-1-5-14)7-11(17)18/h2-3,6H,1,4-5,7H2,(H,17,18). The van der Waals surface area contributed by atoms with Crippen LogP contribution in [0.25, 0.3) is 0 Å². The van der Waals surface area contributed by atoms with Gasteiger partial charge in [-0.2, -0.15) is 0 Å². The predicted octanol–water partition coefficient (Wildman–Crippen LogP) is 2.44. The molecular weight excluding hydrogens is 326 g/mol. The molecule has 0 atom stereocenters. The number of carbonyl (C=O) groups excluding carboxylic acids is 2. The van der Waals surface area contributed by atoms with Crippen LogP contribution < -0.4 is 0 Å². The van der Waals surface area contributed by atoms with Gasteiger partial charge in [0.25, 0.3) is 11.8 Å². The second-order valence-electron chi connectivity index (χ2n) is 5.28. The molecule has 5 nitrogen and oxygen atoms in total. The first-order chi connectivity index (χ1) is 9.44. The van der Waals surface area contributed by atoms with Gasteiger partial charge in [-0.3, -0.25) is 19.3 Å². The third-order valence-corrected chi connectivity index (χ3v) is 4.58. The molecule has 6 heteroatoms. The number of rotatable bonds is 3. The maximum absolute atomic E-state index is 12.5. The third-order valence-electron chi connectivity index (χ3n) is 4.09. The molecule has 20 heavy (non-hydrogen) atoms. The predicted molar refractivity (Wildman–Crippen MR) is 73.5 cm³/mol. The highest BCUT2D eigenvalue weighted by Crippen LogP contribution is 2.44. The zero-order valence-corrected chi connectivity index (χ0v) is 12.1. The van der Waals surface area contributed by atoms with E-state index in [4.69, 9.17) is 5.11 Å². The Morgan fingerprint density at radius 1 is 1.25 bits per heavy atom. The molecule has 1 aromatic rings. The fraction of sp³-hybridized carbons (Fsp3) is 0.357. The third kappa shape index (κ3) is 1.78. The van der Waals surface area contributed by atoms with Crippen molar-refractivity contribution in [3.05, 3.63) is 33.8 Å². The van der Waals surface area contributed by atoms with Crippen LogP contribution in [0.3, 0.4) is 0 Å². The number of amides is 2. The van der Waals surface area contributed by atoms with E-state index in [0.717, 1.165) is 10.9 Å². The Balaban J connectivity index is 2.03. The van der Waals surface area contributed by atoms with E-state index in [1.165, 1.54) is 4.90 Å². The van der Waals surface area contributed by atoms with E-state index in [0.29, 0.717) is 24.0 Å². The van der Waals surface area contributed by atoms with Crippen molar-refractivity contribution in [2.24, 2.45) is 0 Å². The second-order valence-corrected chi connectivity index (χ2v) is 6.20. The molecule has 0 saturated heterocycles. The molecule has 1 aliphatic heterocycles. The summed E-state index contributed by atoms with van der Waals surface area (Å²) in [5.74, 6) is -1.74. The lowest BCUT2D eigenvalue weighted by atomic mass is 9.73. The summed E-state index contributed by atoms with van der Waals surface area (Å²) in [5.41, 5.74) is -0.137. The van der Waals surface area contributed by atoms with Crippen LogP contribution in [0.15, 0.2) is 22.7 Å². The quantitative estimate of drug-likeness (QED) is 0.859. The van der Waals surface area contributed by atoms with E-state index in [2.05, 4.69) is 15.9 Å². The molecule has 1 aliphatic carbocycles. The number of carboxylic acid groups (broad SMARTS) is 1. The van der Waals surface area contributed by atoms with E-state index in [1.54, 1.807) is 18.2 Å². The van der Waals surface area contributed by atoms with Crippen LogP contribution in [0.1, 0.15) is 46.4 Å². The summed E-state index contributed by atoms with van der Waals surface area (Å²) in [5, 5.41) is 9.05. The number of hydrogen-bond donors (Lipinski definition) is 1. The van der Waals surface area contributed by atoms with Crippen LogP contribution in [-0.2, 0) is 4.79 Å².